The lowest BCUT2D eigenvalue weighted by Gasteiger charge is -2.12. The average molecular weight is 387 g/mol. The maximum absolute atomic E-state index is 12.9. The van der Waals surface area contributed by atoms with Crippen LogP contribution in [0.2, 0.25) is 0 Å². The molecule has 0 saturated heterocycles. The summed E-state index contributed by atoms with van der Waals surface area (Å²) in [6.45, 7) is 2.98. The molecule has 5 nitrogen and oxygen atoms in total. The minimum Gasteiger partial charge on any atom is -0.461 e. The lowest BCUT2D eigenvalue weighted by molar-refractivity contribution is -0.137. The van der Waals surface area contributed by atoms with Crippen molar-refractivity contribution in [1.82, 2.24) is 4.98 Å². The van der Waals surface area contributed by atoms with Crippen LogP contribution >= 0.6 is 0 Å². The van der Waals surface area contributed by atoms with E-state index >= 15 is 0 Å². The molecule has 0 unspecified atom stereocenters. The van der Waals surface area contributed by atoms with E-state index in [9.17, 15) is 26.4 Å². The molecular formula is C17H16F3NO4S. The minimum atomic E-state index is -4.54. The van der Waals surface area contributed by atoms with Crippen LogP contribution in [-0.2, 0) is 20.8 Å². The monoisotopic (exact) mass is 387 g/mol. The van der Waals surface area contributed by atoms with Gasteiger partial charge in [0, 0.05) is 11.8 Å². The van der Waals surface area contributed by atoms with Gasteiger partial charge in [-0.25, -0.2) is 18.2 Å². The van der Waals surface area contributed by atoms with Crippen LogP contribution in [0.25, 0.3) is 11.1 Å². The summed E-state index contributed by atoms with van der Waals surface area (Å²) in [5.41, 5.74) is -0.972. The topological polar surface area (TPSA) is 73.3 Å². The Morgan fingerprint density at radius 3 is 2.42 bits per heavy atom. The van der Waals surface area contributed by atoms with Crippen LogP contribution in [-0.4, -0.2) is 31.7 Å². The number of aromatic nitrogens is 1. The Morgan fingerprint density at radius 1 is 1.15 bits per heavy atom. The number of benzene rings is 1. The molecule has 0 radical (unpaired) electrons. The van der Waals surface area contributed by atoms with Gasteiger partial charge in [0.1, 0.15) is 4.90 Å². The molecule has 1 aromatic heterocycles. The lowest BCUT2D eigenvalue weighted by Crippen LogP contribution is -2.15. The maximum atomic E-state index is 12.9. The molecule has 0 amide bonds. The highest BCUT2D eigenvalue weighted by Gasteiger charge is 2.31. The Morgan fingerprint density at radius 2 is 1.85 bits per heavy atom. The van der Waals surface area contributed by atoms with Gasteiger partial charge < -0.3 is 4.74 Å². The normalized spacial score (nSPS) is 12.0. The highest BCUT2D eigenvalue weighted by Crippen LogP contribution is 2.33. The number of carbonyl (C=O) groups excluding carboxylic acids is 1. The number of rotatable bonds is 5. The second-order valence-corrected chi connectivity index (χ2v) is 7.52. The predicted octanol–water partition coefficient (Wildman–Crippen LogP) is 3.74. The number of pyridine rings is 1. The standard InChI is InChI=1S/C17H16F3NO4S/c1-3-25-16(22)15-14(26(23,24)4-2)9-12(10-21-15)11-6-5-7-13(8-11)17(18,19)20/h5-10H,3-4H2,1-2H3. The van der Waals surface area contributed by atoms with E-state index in [1.165, 1.54) is 19.1 Å². The van der Waals surface area contributed by atoms with Gasteiger partial charge in [0.05, 0.1) is 17.9 Å². The van der Waals surface area contributed by atoms with Gasteiger partial charge in [-0.2, -0.15) is 13.2 Å². The van der Waals surface area contributed by atoms with Crippen molar-refractivity contribution in [3.8, 4) is 11.1 Å². The summed E-state index contributed by atoms with van der Waals surface area (Å²) >= 11 is 0. The molecule has 2 aromatic rings. The van der Waals surface area contributed by atoms with E-state index in [0.29, 0.717) is 0 Å². The van der Waals surface area contributed by atoms with Gasteiger partial charge >= 0.3 is 12.1 Å². The van der Waals surface area contributed by atoms with Crippen LogP contribution in [0.15, 0.2) is 41.4 Å². The van der Waals surface area contributed by atoms with E-state index in [1.54, 1.807) is 6.92 Å². The summed E-state index contributed by atoms with van der Waals surface area (Å²) < 4.78 is 68.1. The zero-order valence-corrected chi connectivity index (χ0v) is 14.8. The van der Waals surface area contributed by atoms with Crippen LogP contribution in [0.3, 0.4) is 0 Å². The van der Waals surface area contributed by atoms with Gasteiger partial charge in [0.2, 0.25) is 0 Å². The molecule has 9 heteroatoms. The van der Waals surface area contributed by atoms with Crippen molar-refractivity contribution in [2.45, 2.75) is 24.9 Å². The van der Waals surface area contributed by atoms with Gasteiger partial charge in [-0.1, -0.05) is 19.1 Å². The maximum Gasteiger partial charge on any atom is 0.416 e. The number of hydrogen-bond acceptors (Lipinski definition) is 5. The Labute approximate surface area is 148 Å². The van der Waals surface area contributed by atoms with Gasteiger partial charge in [0.15, 0.2) is 15.5 Å². The first-order chi connectivity index (χ1) is 12.1. The van der Waals surface area contributed by atoms with Crippen LogP contribution < -0.4 is 0 Å². The summed E-state index contributed by atoms with van der Waals surface area (Å²) in [6.07, 6.45) is -3.39. The number of hydrogen-bond donors (Lipinski definition) is 0. The van der Waals surface area contributed by atoms with Gasteiger partial charge in [0.25, 0.3) is 0 Å². The highest BCUT2D eigenvalue weighted by molar-refractivity contribution is 7.91. The molecule has 0 aliphatic heterocycles. The predicted molar refractivity (Wildman–Crippen MR) is 88.4 cm³/mol. The number of alkyl halides is 3. The summed E-state index contributed by atoms with van der Waals surface area (Å²) in [6, 6.07) is 5.56. The Balaban J connectivity index is 2.63. The van der Waals surface area contributed by atoms with E-state index < -0.39 is 27.5 Å². The number of halogens is 3. The van der Waals surface area contributed by atoms with Crippen molar-refractivity contribution in [3.05, 3.63) is 47.8 Å². The zero-order valence-electron chi connectivity index (χ0n) is 14.0. The van der Waals surface area contributed by atoms with E-state index in [1.807, 2.05) is 0 Å². The quantitative estimate of drug-likeness (QED) is 0.731. The zero-order chi connectivity index (χ0) is 19.5. The molecule has 26 heavy (non-hydrogen) atoms. The van der Waals surface area contributed by atoms with Crippen molar-refractivity contribution in [2.24, 2.45) is 0 Å². The number of sulfone groups is 1. The summed E-state index contributed by atoms with van der Waals surface area (Å²) in [4.78, 5) is 15.4. The molecule has 0 fully saturated rings. The molecule has 0 aliphatic carbocycles. The average Bonchev–Trinajstić information content (AvgIpc) is 2.61. The van der Waals surface area contributed by atoms with Gasteiger partial charge in [-0.15, -0.1) is 0 Å². The Kier molecular flexibility index (Phi) is 5.70. The fourth-order valence-corrected chi connectivity index (χ4v) is 3.27. The second-order valence-electron chi connectivity index (χ2n) is 5.27. The first-order valence-corrected chi connectivity index (χ1v) is 9.33. The third kappa shape index (κ3) is 4.21. The van der Waals surface area contributed by atoms with Crippen LogP contribution in [0, 0.1) is 0 Å². The molecule has 0 saturated carbocycles. The molecular weight excluding hydrogens is 371 g/mol. The summed E-state index contributed by atoms with van der Waals surface area (Å²) in [5, 5.41) is 0. The highest BCUT2D eigenvalue weighted by atomic mass is 32.2. The van der Waals surface area contributed by atoms with Crippen LogP contribution in [0.4, 0.5) is 13.2 Å². The number of esters is 1. The van der Waals surface area contributed by atoms with Crippen molar-refractivity contribution < 1.29 is 31.1 Å². The van der Waals surface area contributed by atoms with Crippen molar-refractivity contribution in [1.29, 1.82) is 0 Å². The van der Waals surface area contributed by atoms with Crippen molar-refractivity contribution in [3.63, 3.8) is 0 Å². The second kappa shape index (κ2) is 7.45. The van der Waals surface area contributed by atoms with E-state index in [2.05, 4.69) is 4.98 Å². The van der Waals surface area contributed by atoms with Crippen molar-refractivity contribution in [2.75, 3.05) is 12.4 Å². The Bertz CT molecular complexity index is 924. The molecule has 1 heterocycles. The largest absolute Gasteiger partial charge is 0.461 e. The molecule has 0 spiro atoms. The Hall–Kier alpha value is -2.42. The third-order valence-corrected chi connectivity index (χ3v) is 5.30. The van der Waals surface area contributed by atoms with Crippen LogP contribution in [0.1, 0.15) is 29.9 Å². The number of carbonyl (C=O) groups is 1. The first-order valence-electron chi connectivity index (χ1n) is 7.67. The molecule has 1 aromatic carbocycles. The summed E-state index contributed by atoms with van der Waals surface area (Å²) in [5.74, 6) is -1.21. The molecule has 0 N–H and O–H groups in total. The summed E-state index contributed by atoms with van der Waals surface area (Å²) in [7, 11) is -3.85. The van der Waals surface area contributed by atoms with Gasteiger partial charge in [-0.05, 0) is 30.7 Å². The minimum absolute atomic E-state index is 0.0293. The molecule has 0 bridgehead atoms. The van der Waals surface area contributed by atoms with Crippen LogP contribution in [0.5, 0.6) is 0 Å². The first kappa shape index (κ1) is 19.9. The van der Waals surface area contributed by atoms with Crippen molar-refractivity contribution >= 4 is 15.8 Å². The molecule has 2 rings (SSSR count). The van der Waals surface area contributed by atoms with E-state index in [0.717, 1.165) is 24.4 Å². The van der Waals surface area contributed by atoms with E-state index in [4.69, 9.17) is 4.74 Å². The molecule has 0 atom stereocenters. The molecule has 140 valence electrons. The number of ether oxygens (including phenoxy) is 1. The smallest absolute Gasteiger partial charge is 0.416 e. The fraction of sp³-hybridized carbons (Fsp3) is 0.294. The molecule has 0 aliphatic rings. The lowest BCUT2D eigenvalue weighted by atomic mass is 10.0. The number of nitrogens with zero attached hydrogens (tertiary/aromatic N) is 1. The van der Waals surface area contributed by atoms with Gasteiger partial charge in [-0.3, -0.25) is 0 Å². The fourth-order valence-electron chi connectivity index (χ4n) is 2.22. The SMILES string of the molecule is CCOC(=O)c1ncc(-c2cccc(C(F)(F)F)c2)cc1S(=O)(=O)CC. The van der Waals surface area contributed by atoms with E-state index in [-0.39, 0.29) is 34.1 Å². The third-order valence-electron chi connectivity index (χ3n) is 3.56.